The van der Waals surface area contributed by atoms with Crippen LogP contribution in [0.25, 0.3) is 0 Å². The van der Waals surface area contributed by atoms with Crippen LogP contribution in [0.4, 0.5) is 10.5 Å². The second-order valence-electron chi connectivity index (χ2n) is 6.43. The standard InChI is InChI=1S/C15H20N2O6S/c1-15(2,3)23-14(19)17-11-8-22-12-6-5-9(24(4,20)21)7-10(12)16-13(11)18/h5-7,11H,8H2,1-4H3,(H,16,18)(H,17,19). The Morgan fingerprint density at radius 2 is 2.04 bits per heavy atom. The van der Waals surface area contributed by atoms with Gasteiger partial charge in [-0.15, -0.1) is 0 Å². The Bertz CT molecular complexity index is 767. The molecule has 0 spiro atoms. The molecule has 8 nitrogen and oxygen atoms in total. The Hall–Kier alpha value is -2.29. The van der Waals surface area contributed by atoms with E-state index < -0.39 is 33.5 Å². The van der Waals surface area contributed by atoms with Crippen LogP contribution in [-0.4, -0.2) is 44.9 Å². The summed E-state index contributed by atoms with van der Waals surface area (Å²) in [5.41, 5.74) is -0.462. The Morgan fingerprint density at radius 3 is 2.62 bits per heavy atom. The summed E-state index contributed by atoms with van der Waals surface area (Å²) in [4.78, 5) is 24.1. The number of alkyl carbamates (subject to hydrolysis) is 1. The smallest absolute Gasteiger partial charge is 0.408 e. The van der Waals surface area contributed by atoms with Crippen molar-refractivity contribution >= 4 is 27.5 Å². The molecule has 132 valence electrons. The molecule has 1 aromatic rings. The van der Waals surface area contributed by atoms with Gasteiger partial charge in [0.15, 0.2) is 9.84 Å². The third-order valence-corrected chi connectivity index (χ3v) is 4.16. The SMILES string of the molecule is CC(C)(C)OC(=O)NC1COc2ccc(S(C)(=O)=O)cc2NC1=O. The van der Waals surface area contributed by atoms with Crippen molar-refractivity contribution in [3.05, 3.63) is 18.2 Å². The predicted octanol–water partition coefficient (Wildman–Crippen LogP) is 1.31. The van der Waals surface area contributed by atoms with Crippen LogP contribution >= 0.6 is 0 Å². The summed E-state index contributed by atoms with van der Waals surface area (Å²) in [7, 11) is -3.42. The maximum atomic E-state index is 12.2. The van der Waals surface area contributed by atoms with Crippen molar-refractivity contribution in [2.45, 2.75) is 37.3 Å². The van der Waals surface area contributed by atoms with Crippen LogP contribution in [0.1, 0.15) is 20.8 Å². The van der Waals surface area contributed by atoms with E-state index in [1.54, 1.807) is 20.8 Å². The van der Waals surface area contributed by atoms with E-state index in [4.69, 9.17) is 9.47 Å². The molecule has 0 saturated carbocycles. The molecule has 0 aromatic heterocycles. The van der Waals surface area contributed by atoms with E-state index in [9.17, 15) is 18.0 Å². The van der Waals surface area contributed by atoms with Gasteiger partial charge in [0, 0.05) is 6.26 Å². The molecule has 0 radical (unpaired) electrons. The average molecular weight is 356 g/mol. The summed E-state index contributed by atoms with van der Waals surface area (Å²) in [6, 6.07) is 3.20. The summed E-state index contributed by atoms with van der Waals surface area (Å²) < 4.78 is 33.8. The summed E-state index contributed by atoms with van der Waals surface area (Å²) in [5, 5.41) is 4.98. The van der Waals surface area contributed by atoms with Crippen LogP contribution in [0, 0.1) is 0 Å². The number of benzene rings is 1. The van der Waals surface area contributed by atoms with Crippen molar-refractivity contribution in [1.29, 1.82) is 0 Å². The minimum atomic E-state index is -3.42. The maximum Gasteiger partial charge on any atom is 0.408 e. The van der Waals surface area contributed by atoms with E-state index in [2.05, 4.69) is 10.6 Å². The van der Waals surface area contributed by atoms with E-state index in [0.29, 0.717) is 5.75 Å². The molecule has 9 heteroatoms. The van der Waals surface area contributed by atoms with Gasteiger partial charge in [-0.05, 0) is 39.0 Å². The highest BCUT2D eigenvalue weighted by atomic mass is 32.2. The Labute approximate surface area is 140 Å². The zero-order chi connectivity index (χ0) is 18.1. The normalized spacial score (nSPS) is 17.8. The van der Waals surface area contributed by atoms with Gasteiger partial charge in [0.25, 0.3) is 5.91 Å². The molecule has 0 aliphatic carbocycles. The molecule has 0 fully saturated rings. The van der Waals surface area contributed by atoms with Gasteiger partial charge in [-0.1, -0.05) is 0 Å². The van der Waals surface area contributed by atoms with Crippen LogP contribution in [0.15, 0.2) is 23.1 Å². The summed E-state index contributed by atoms with van der Waals surface area (Å²) >= 11 is 0. The molecule has 1 atom stereocenters. The van der Waals surface area contributed by atoms with Crippen LogP contribution in [0.5, 0.6) is 5.75 Å². The third kappa shape index (κ3) is 4.60. The van der Waals surface area contributed by atoms with Crippen LogP contribution in [0.3, 0.4) is 0 Å². The first kappa shape index (κ1) is 18.1. The highest BCUT2D eigenvalue weighted by molar-refractivity contribution is 7.90. The van der Waals surface area contributed by atoms with E-state index in [1.165, 1.54) is 18.2 Å². The van der Waals surface area contributed by atoms with Gasteiger partial charge < -0.3 is 20.1 Å². The molecule has 2 N–H and O–H groups in total. The number of carbonyl (C=O) groups is 2. The number of carbonyl (C=O) groups excluding carboxylic acids is 2. The van der Waals surface area contributed by atoms with Crippen molar-refractivity contribution in [3.63, 3.8) is 0 Å². The lowest BCUT2D eigenvalue weighted by molar-refractivity contribution is -0.118. The second kappa shape index (κ2) is 6.31. The van der Waals surface area contributed by atoms with Gasteiger partial charge in [0.05, 0.1) is 10.6 Å². The number of sulfone groups is 1. The predicted molar refractivity (Wildman–Crippen MR) is 86.8 cm³/mol. The minimum absolute atomic E-state index is 0.0590. The average Bonchev–Trinajstić information content (AvgIpc) is 2.55. The molecule has 1 heterocycles. The monoisotopic (exact) mass is 356 g/mol. The fourth-order valence-electron chi connectivity index (χ4n) is 1.99. The second-order valence-corrected chi connectivity index (χ2v) is 8.44. The molecule has 1 unspecified atom stereocenters. The highest BCUT2D eigenvalue weighted by Gasteiger charge is 2.28. The molecule has 1 aromatic carbocycles. The van der Waals surface area contributed by atoms with Crippen LogP contribution in [0.2, 0.25) is 0 Å². The number of ether oxygens (including phenoxy) is 2. The van der Waals surface area contributed by atoms with Gasteiger partial charge in [0.1, 0.15) is 24.0 Å². The summed E-state index contributed by atoms with van der Waals surface area (Å²) in [6.07, 6.45) is 0.329. The lowest BCUT2D eigenvalue weighted by atomic mass is 10.2. The van der Waals surface area contributed by atoms with Crippen molar-refractivity contribution in [3.8, 4) is 5.75 Å². The molecular weight excluding hydrogens is 336 g/mol. The maximum absolute atomic E-state index is 12.2. The number of rotatable bonds is 2. The van der Waals surface area contributed by atoms with Gasteiger partial charge in [0.2, 0.25) is 0 Å². The van der Waals surface area contributed by atoms with E-state index in [1.807, 2.05) is 0 Å². The Morgan fingerprint density at radius 1 is 1.38 bits per heavy atom. The van der Waals surface area contributed by atoms with Gasteiger partial charge >= 0.3 is 6.09 Å². The topological polar surface area (TPSA) is 111 Å². The first-order valence-corrected chi connectivity index (χ1v) is 9.12. The highest BCUT2D eigenvalue weighted by Crippen LogP contribution is 2.29. The quantitative estimate of drug-likeness (QED) is 0.827. The first-order valence-electron chi connectivity index (χ1n) is 7.23. The number of fused-ring (bicyclic) bond motifs is 1. The van der Waals surface area contributed by atoms with Crippen molar-refractivity contribution in [2.24, 2.45) is 0 Å². The minimum Gasteiger partial charge on any atom is -0.489 e. The zero-order valence-corrected chi connectivity index (χ0v) is 14.7. The Kier molecular flexibility index (Phi) is 4.75. The van der Waals surface area contributed by atoms with Crippen molar-refractivity contribution < 1.29 is 27.5 Å². The van der Waals surface area contributed by atoms with Crippen LogP contribution < -0.4 is 15.4 Å². The molecular formula is C15H20N2O6S. The first-order chi connectivity index (χ1) is 11.0. The van der Waals surface area contributed by atoms with Gasteiger partial charge in [-0.2, -0.15) is 0 Å². The lowest BCUT2D eigenvalue weighted by Crippen LogP contribution is -2.48. The van der Waals surface area contributed by atoms with Crippen LogP contribution in [-0.2, 0) is 19.4 Å². The molecule has 24 heavy (non-hydrogen) atoms. The number of amides is 2. The van der Waals surface area contributed by atoms with Crippen molar-refractivity contribution in [2.75, 3.05) is 18.2 Å². The molecule has 1 aliphatic heterocycles. The number of hydrogen-bond acceptors (Lipinski definition) is 6. The molecule has 0 saturated heterocycles. The van der Waals surface area contributed by atoms with E-state index >= 15 is 0 Å². The molecule has 0 bridgehead atoms. The lowest BCUT2D eigenvalue weighted by Gasteiger charge is -2.22. The summed E-state index contributed by atoms with van der Waals surface area (Å²) in [6.45, 7) is 5.02. The largest absolute Gasteiger partial charge is 0.489 e. The van der Waals surface area contributed by atoms with E-state index in [-0.39, 0.29) is 17.2 Å². The molecule has 2 amide bonds. The Balaban J connectivity index is 2.15. The number of hydrogen-bond donors (Lipinski definition) is 2. The van der Waals surface area contributed by atoms with E-state index in [0.717, 1.165) is 6.26 Å². The fraction of sp³-hybridized carbons (Fsp3) is 0.467. The summed E-state index contributed by atoms with van der Waals surface area (Å²) in [5.74, 6) is -0.200. The van der Waals surface area contributed by atoms with Crippen molar-refractivity contribution in [1.82, 2.24) is 5.32 Å². The van der Waals surface area contributed by atoms with Gasteiger partial charge in [-0.3, -0.25) is 4.79 Å². The van der Waals surface area contributed by atoms with Gasteiger partial charge in [-0.25, -0.2) is 13.2 Å². The number of anilines is 1. The fourth-order valence-corrected chi connectivity index (χ4v) is 2.64. The number of nitrogens with one attached hydrogen (secondary N) is 2. The third-order valence-electron chi connectivity index (χ3n) is 3.05. The zero-order valence-electron chi connectivity index (χ0n) is 13.9. The molecule has 1 aliphatic rings. The molecule has 2 rings (SSSR count).